The number of amides is 1. The van der Waals surface area contributed by atoms with E-state index in [0.717, 1.165) is 17.3 Å². The molecule has 3 rings (SSSR count). The first-order valence-electron chi connectivity index (χ1n) is 10.5. The summed E-state index contributed by atoms with van der Waals surface area (Å²) in [6, 6.07) is 13.3. The van der Waals surface area contributed by atoms with Crippen LogP contribution in [0.15, 0.2) is 68.2 Å². The molecule has 1 heterocycles. The molecule has 178 valence electrons. The van der Waals surface area contributed by atoms with Gasteiger partial charge in [-0.25, -0.2) is 9.79 Å². The van der Waals surface area contributed by atoms with E-state index in [1.807, 2.05) is 30.3 Å². The highest BCUT2D eigenvalue weighted by atomic mass is 79.9. The summed E-state index contributed by atoms with van der Waals surface area (Å²) in [5.74, 6) is -0.394. The fraction of sp³-hybridized carbons (Fsp3) is 0.240. The molecule has 1 aliphatic heterocycles. The van der Waals surface area contributed by atoms with E-state index in [4.69, 9.17) is 14.2 Å². The van der Waals surface area contributed by atoms with Crippen molar-refractivity contribution in [2.75, 3.05) is 13.7 Å². The second-order valence-corrected chi connectivity index (χ2v) is 8.91. The first-order valence-corrected chi connectivity index (χ1v) is 12.1. The largest absolute Gasteiger partial charge is 0.506 e. The van der Waals surface area contributed by atoms with Crippen molar-refractivity contribution in [2.45, 2.75) is 26.9 Å². The second-order valence-electron chi connectivity index (χ2n) is 7.03. The van der Waals surface area contributed by atoms with Gasteiger partial charge in [0.25, 0.3) is 0 Å². The van der Waals surface area contributed by atoms with Crippen LogP contribution in [0.2, 0.25) is 0 Å². The standard InChI is InChI=1S/C25H24BrNO6S/c1-4-20(28)27-24-21(25(30)32-5-2)22(29)19(34-24)13-16-11-17(26)23(18(12-16)31-3)33-14-15-9-7-6-8-10-15/h6-13,29H,4-5,14H2,1-3H3/b19-13-,27-24?. The SMILES string of the molecule is CCOC(=O)C1=C(O)/C(=C/c2cc(Br)c(OCc3ccccc3)c(OC)c2)SC1=NC(=O)CC. The van der Waals surface area contributed by atoms with Crippen LogP contribution in [0.4, 0.5) is 0 Å². The molecule has 0 unspecified atom stereocenters. The normalized spacial score (nSPS) is 15.6. The summed E-state index contributed by atoms with van der Waals surface area (Å²) in [5, 5.41) is 10.9. The molecule has 0 spiro atoms. The summed E-state index contributed by atoms with van der Waals surface area (Å²) in [4.78, 5) is 28.6. The molecular formula is C25H24BrNO6S. The van der Waals surface area contributed by atoms with Crippen LogP contribution in [0.1, 0.15) is 31.4 Å². The molecule has 0 atom stereocenters. The molecule has 1 N–H and O–H groups in total. The fourth-order valence-electron chi connectivity index (χ4n) is 3.03. The van der Waals surface area contributed by atoms with E-state index < -0.39 is 11.9 Å². The van der Waals surface area contributed by atoms with Crippen molar-refractivity contribution >= 4 is 50.7 Å². The number of aliphatic imine (C=N–C) groups is 1. The average Bonchev–Trinajstić information content (AvgIpc) is 3.12. The smallest absolute Gasteiger partial charge is 0.344 e. The van der Waals surface area contributed by atoms with Crippen molar-refractivity contribution in [1.29, 1.82) is 0 Å². The lowest BCUT2D eigenvalue weighted by molar-refractivity contribution is -0.138. The Labute approximate surface area is 210 Å². The number of benzene rings is 2. The number of hydrogen-bond donors (Lipinski definition) is 1. The quantitative estimate of drug-likeness (QED) is 0.416. The number of aliphatic hydroxyl groups excluding tert-OH is 1. The number of carbonyl (C=O) groups excluding carboxylic acids is 2. The molecule has 7 nitrogen and oxygen atoms in total. The van der Waals surface area contributed by atoms with Crippen molar-refractivity contribution in [3.63, 3.8) is 0 Å². The molecule has 0 bridgehead atoms. The predicted molar refractivity (Wildman–Crippen MR) is 136 cm³/mol. The molecule has 9 heteroatoms. The zero-order valence-corrected chi connectivity index (χ0v) is 21.4. The first-order chi connectivity index (χ1) is 16.4. The molecule has 0 aliphatic carbocycles. The maximum atomic E-state index is 12.4. The van der Waals surface area contributed by atoms with Crippen LogP contribution in [0, 0.1) is 0 Å². The van der Waals surface area contributed by atoms with Gasteiger partial charge in [0.05, 0.1) is 23.1 Å². The van der Waals surface area contributed by atoms with Crippen LogP contribution in [-0.4, -0.2) is 35.7 Å². The van der Waals surface area contributed by atoms with Crippen LogP contribution < -0.4 is 9.47 Å². The van der Waals surface area contributed by atoms with Crippen LogP contribution in [-0.2, 0) is 20.9 Å². The Morgan fingerprint density at radius 2 is 1.91 bits per heavy atom. The lowest BCUT2D eigenvalue weighted by Crippen LogP contribution is -2.14. The predicted octanol–water partition coefficient (Wildman–Crippen LogP) is 5.83. The fourth-order valence-corrected chi connectivity index (χ4v) is 4.63. The monoisotopic (exact) mass is 545 g/mol. The second kappa shape index (κ2) is 11.9. The van der Waals surface area contributed by atoms with Gasteiger partial charge in [-0.2, -0.15) is 0 Å². The molecule has 0 fully saturated rings. The highest BCUT2D eigenvalue weighted by molar-refractivity contribution is 9.10. The summed E-state index contributed by atoms with van der Waals surface area (Å²) < 4.78 is 17.2. The molecule has 34 heavy (non-hydrogen) atoms. The third-order valence-corrected chi connectivity index (χ3v) is 6.28. The number of rotatable bonds is 8. The summed E-state index contributed by atoms with van der Waals surface area (Å²) in [6.45, 7) is 3.82. The molecule has 1 aliphatic rings. The van der Waals surface area contributed by atoms with E-state index in [2.05, 4.69) is 20.9 Å². The summed E-state index contributed by atoms with van der Waals surface area (Å²) >= 11 is 4.56. The van der Waals surface area contributed by atoms with E-state index in [1.54, 1.807) is 32.1 Å². The number of thioether (sulfide) groups is 1. The zero-order valence-electron chi connectivity index (χ0n) is 19.0. The van der Waals surface area contributed by atoms with Gasteiger partial charge in [0.2, 0.25) is 5.91 Å². The summed E-state index contributed by atoms with van der Waals surface area (Å²) in [6.07, 6.45) is 1.85. The molecule has 2 aromatic rings. The number of esters is 1. The van der Waals surface area contributed by atoms with Gasteiger partial charge in [-0.1, -0.05) is 49.0 Å². The minimum absolute atomic E-state index is 0.114. The molecule has 0 radical (unpaired) electrons. The van der Waals surface area contributed by atoms with Gasteiger partial charge in [0.15, 0.2) is 11.5 Å². The zero-order chi connectivity index (χ0) is 24.7. The van der Waals surface area contributed by atoms with Crippen molar-refractivity contribution in [2.24, 2.45) is 4.99 Å². The molecular weight excluding hydrogens is 522 g/mol. The van der Waals surface area contributed by atoms with Gasteiger partial charge < -0.3 is 19.3 Å². The summed E-state index contributed by atoms with van der Waals surface area (Å²) in [5.41, 5.74) is 1.57. The topological polar surface area (TPSA) is 94.4 Å². The van der Waals surface area contributed by atoms with Crippen LogP contribution in [0.25, 0.3) is 6.08 Å². The maximum absolute atomic E-state index is 12.4. The van der Waals surface area contributed by atoms with E-state index in [0.29, 0.717) is 33.0 Å². The summed E-state index contributed by atoms with van der Waals surface area (Å²) in [7, 11) is 1.54. The molecule has 0 saturated heterocycles. The van der Waals surface area contributed by atoms with Crippen LogP contribution in [0.3, 0.4) is 0 Å². The Morgan fingerprint density at radius 3 is 2.56 bits per heavy atom. The molecule has 1 amide bonds. The van der Waals surface area contributed by atoms with Gasteiger partial charge in [-0.15, -0.1) is 0 Å². The Kier molecular flexibility index (Phi) is 8.95. The number of aliphatic hydroxyl groups is 1. The third kappa shape index (κ3) is 6.09. The highest BCUT2D eigenvalue weighted by Gasteiger charge is 2.33. The Bertz CT molecular complexity index is 1170. The van der Waals surface area contributed by atoms with E-state index in [-0.39, 0.29) is 29.4 Å². The highest BCUT2D eigenvalue weighted by Crippen LogP contribution is 2.42. The Hall–Kier alpha value is -3.04. The van der Waals surface area contributed by atoms with Crippen LogP contribution in [0.5, 0.6) is 11.5 Å². The molecule has 0 saturated carbocycles. The van der Waals surface area contributed by atoms with Crippen molar-refractivity contribution in [3.05, 3.63) is 74.3 Å². The number of carbonyl (C=O) groups is 2. The Balaban J connectivity index is 1.94. The van der Waals surface area contributed by atoms with Gasteiger partial charge >= 0.3 is 5.97 Å². The van der Waals surface area contributed by atoms with E-state index in [9.17, 15) is 14.7 Å². The van der Waals surface area contributed by atoms with E-state index >= 15 is 0 Å². The molecule has 2 aromatic carbocycles. The van der Waals surface area contributed by atoms with Crippen molar-refractivity contribution in [3.8, 4) is 11.5 Å². The number of halogens is 1. The van der Waals surface area contributed by atoms with Crippen LogP contribution >= 0.6 is 27.7 Å². The van der Waals surface area contributed by atoms with Gasteiger partial charge in [0.1, 0.15) is 23.0 Å². The number of nitrogens with zero attached hydrogens (tertiary/aromatic N) is 1. The minimum Gasteiger partial charge on any atom is -0.506 e. The van der Waals surface area contributed by atoms with Gasteiger partial charge in [0, 0.05) is 6.42 Å². The minimum atomic E-state index is -0.734. The number of ether oxygens (including phenoxy) is 3. The lowest BCUT2D eigenvalue weighted by atomic mass is 10.1. The third-order valence-electron chi connectivity index (χ3n) is 4.67. The van der Waals surface area contributed by atoms with Gasteiger partial charge in [-0.3, -0.25) is 4.79 Å². The first kappa shape index (κ1) is 25.6. The Morgan fingerprint density at radius 1 is 1.18 bits per heavy atom. The number of methoxy groups -OCH3 is 1. The lowest BCUT2D eigenvalue weighted by Gasteiger charge is -2.14. The van der Waals surface area contributed by atoms with E-state index in [1.165, 1.54) is 7.11 Å². The van der Waals surface area contributed by atoms with Crippen molar-refractivity contribution in [1.82, 2.24) is 0 Å². The maximum Gasteiger partial charge on any atom is 0.344 e. The number of hydrogen-bond acceptors (Lipinski definition) is 7. The molecule has 0 aromatic heterocycles. The van der Waals surface area contributed by atoms with Gasteiger partial charge in [-0.05, 0) is 52.2 Å². The average molecular weight is 546 g/mol. The van der Waals surface area contributed by atoms with Crippen molar-refractivity contribution < 1.29 is 28.9 Å².